The molecule has 1 aliphatic rings. The molecule has 1 rings (SSSR count). The normalized spacial score (nSPS) is 30.1. The fourth-order valence-corrected chi connectivity index (χ4v) is 4.78. The molecule has 2 amide bonds. The van der Waals surface area contributed by atoms with Crippen LogP contribution < -0.4 is 10.6 Å². The van der Waals surface area contributed by atoms with Gasteiger partial charge >= 0.3 is 5.97 Å². The van der Waals surface area contributed by atoms with Crippen molar-refractivity contribution in [1.29, 1.82) is 0 Å². The third kappa shape index (κ3) is 18.9. The predicted octanol–water partition coefficient (Wildman–Crippen LogP) is 6.17. The highest BCUT2D eigenvalue weighted by atomic mass is 16.5. The molecule has 9 nitrogen and oxygen atoms in total. The molecule has 3 N–H and O–H groups in total. The van der Waals surface area contributed by atoms with E-state index in [2.05, 4.69) is 41.9 Å². The standard InChI is InChI=1S/C40H58N2O7/c1-29-13-11-17-35(47-7)16-10-9-15-33(5)39(34(6)23-21-32(4)26-41-40(46)37(27-43)42-28-44)49-38(45)24-22-30(2)19-20-31(3)25-36(48-8)18-12-14-29/h9-10,12-16,19-25,28,30,33,35-37,39,43H,11,17-18,26-27H2,1-8H3,(H,41,46)(H,42,44)/b14-12+,15-9+,16-10+,20-19-,24-22-,29-13-,31-25-,32-21+,34-23-. The van der Waals surface area contributed by atoms with Gasteiger partial charge < -0.3 is 30.0 Å². The number of cyclic esters (lactones) is 1. The molecule has 6 unspecified atom stereocenters. The Bertz CT molecular complexity index is 1320. The Balaban J connectivity index is 3.31. The topological polar surface area (TPSA) is 123 Å². The minimum absolute atomic E-state index is 0.00523. The van der Waals surface area contributed by atoms with Crippen LogP contribution in [-0.4, -0.2) is 75.1 Å². The number of hydrogen-bond acceptors (Lipinski definition) is 7. The van der Waals surface area contributed by atoms with Gasteiger partial charge in [0.1, 0.15) is 12.1 Å². The Morgan fingerprint density at radius 3 is 2.37 bits per heavy atom. The Labute approximate surface area is 293 Å². The third-order valence-electron chi connectivity index (χ3n) is 7.88. The van der Waals surface area contributed by atoms with Gasteiger partial charge in [0.05, 0.1) is 18.8 Å². The second-order valence-electron chi connectivity index (χ2n) is 12.3. The van der Waals surface area contributed by atoms with Crippen LogP contribution in [0.4, 0.5) is 0 Å². The number of methoxy groups -OCH3 is 2. The Morgan fingerprint density at radius 2 is 1.69 bits per heavy atom. The molecule has 0 saturated carbocycles. The molecule has 0 fully saturated rings. The highest BCUT2D eigenvalue weighted by molar-refractivity contribution is 5.84. The summed E-state index contributed by atoms with van der Waals surface area (Å²) in [4.78, 5) is 35.9. The Kier molecular flexibility index (Phi) is 21.9. The SMILES string of the molecule is COC1/C=C(C)\C=C/C(C)/C=C\C(=O)OC(/C(C)=C\C=C(/C)CNC(=O)C(CO)NC=O)C(C)/C=C/C=C/C(OC)CC/C=C(C)\C=C\C1. The van der Waals surface area contributed by atoms with Gasteiger partial charge in [-0.3, -0.25) is 9.59 Å². The summed E-state index contributed by atoms with van der Waals surface area (Å²) in [6.07, 6.45) is 29.7. The average molecular weight is 679 g/mol. The number of rotatable bonds is 10. The maximum Gasteiger partial charge on any atom is 0.331 e. The van der Waals surface area contributed by atoms with Gasteiger partial charge in [0.2, 0.25) is 12.3 Å². The summed E-state index contributed by atoms with van der Waals surface area (Å²) in [5, 5.41) is 14.3. The fraction of sp³-hybridized carbons (Fsp3) is 0.475. The largest absolute Gasteiger partial charge is 0.454 e. The molecule has 0 spiro atoms. The highest BCUT2D eigenvalue weighted by Gasteiger charge is 2.21. The first-order valence-electron chi connectivity index (χ1n) is 16.8. The van der Waals surface area contributed by atoms with Crippen molar-refractivity contribution in [3.63, 3.8) is 0 Å². The Morgan fingerprint density at radius 1 is 1.00 bits per heavy atom. The number of amides is 2. The number of nitrogens with one attached hydrogen (secondary N) is 2. The monoisotopic (exact) mass is 678 g/mol. The van der Waals surface area contributed by atoms with E-state index in [0.29, 0.717) is 6.41 Å². The molecule has 0 aliphatic carbocycles. The summed E-state index contributed by atoms with van der Waals surface area (Å²) >= 11 is 0. The summed E-state index contributed by atoms with van der Waals surface area (Å²) in [7, 11) is 3.41. The van der Waals surface area contributed by atoms with Crippen molar-refractivity contribution in [2.24, 2.45) is 11.8 Å². The van der Waals surface area contributed by atoms with Crippen molar-refractivity contribution in [3.8, 4) is 0 Å². The smallest absolute Gasteiger partial charge is 0.331 e. The van der Waals surface area contributed by atoms with E-state index < -0.39 is 30.6 Å². The van der Waals surface area contributed by atoms with Crippen LogP contribution in [0.1, 0.15) is 60.8 Å². The zero-order valence-corrected chi connectivity index (χ0v) is 30.6. The van der Waals surface area contributed by atoms with Crippen LogP contribution in [0, 0.1) is 11.8 Å². The number of allylic oxidation sites excluding steroid dienone is 11. The van der Waals surface area contributed by atoms with Crippen molar-refractivity contribution >= 4 is 18.3 Å². The van der Waals surface area contributed by atoms with Gasteiger partial charge in [-0.15, -0.1) is 0 Å². The Hall–Kier alpha value is -4.05. The molecule has 0 radical (unpaired) electrons. The van der Waals surface area contributed by atoms with Gasteiger partial charge in [-0.2, -0.15) is 0 Å². The van der Waals surface area contributed by atoms with Crippen LogP contribution in [0.2, 0.25) is 0 Å². The van der Waals surface area contributed by atoms with E-state index >= 15 is 0 Å². The molecule has 1 aliphatic heterocycles. The summed E-state index contributed by atoms with van der Waals surface area (Å²) in [6.45, 7) is 11.6. The molecule has 1 heterocycles. The molecule has 0 saturated heterocycles. The second kappa shape index (κ2) is 25.0. The zero-order chi connectivity index (χ0) is 36.6. The number of aliphatic hydroxyl groups excluding tert-OH is 1. The second-order valence-corrected chi connectivity index (χ2v) is 12.3. The molecular weight excluding hydrogens is 620 g/mol. The van der Waals surface area contributed by atoms with Crippen LogP contribution in [0.3, 0.4) is 0 Å². The quantitative estimate of drug-likeness (QED) is 0.143. The lowest BCUT2D eigenvalue weighted by Gasteiger charge is -2.22. The van der Waals surface area contributed by atoms with Crippen molar-refractivity contribution in [3.05, 3.63) is 107 Å². The van der Waals surface area contributed by atoms with Crippen molar-refractivity contribution in [2.75, 3.05) is 27.4 Å². The third-order valence-corrected chi connectivity index (χ3v) is 7.88. The van der Waals surface area contributed by atoms with Gasteiger partial charge in [0, 0.05) is 32.8 Å². The minimum atomic E-state index is -1.01. The van der Waals surface area contributed by atoms with E-state index in [1.165, 1.54) is 11.6 Å². The number of ether oxygens (including phenoxy) is 3. The minimum Gasteiger partial charge on any atom is -0.454 e. The first kappa shape index (κ1) is 43.0. The highest BCUT2D eigenvalue weighted by Crippen LogP contribution is 2.20. The average Bonchev–Trinajstić information content (AvgIpc) is 3.08. The number of carbonyl (C=O) groups excluding carboxylic acids is 3. The van der Waals surface area contributed by atoms with E-state index in [1.807, 2.05) is 89.3 Å². The molecule has 49 heavy (non-hydrogen) atoms. The van der Waals surface area contributed by atoms with Crippen molar-refractivity contribution < 1.29 is 33.7 Å². The predicted molar refractivity (Wildman–Crippen MR) is 197 cm³/mol. The maximum atomic E-state index is 13.0. The van der Waals surface area contributed by atoms with Crippen molar-refractivity contribution in [1.82, 2.24) is 10.6 Å². The molecule has 270 valence electrons. The van der Waals surface area contributed by atoms with E-state index in [-0.39, 0.29) is 30.6 Å². The molecule has 0 aromatic rings. The number of carbonyl (C=O) groups is 3. The molecular formula is C40H58N2O7. The van der Waals surface area contributed by atoms with Gasteiger partial charge in [-0.05, 0) is 58.4 Å². The summed E-state index contributed by atoms with van der Waals surface area (Å²) in [5.41, 5.74) is 3.90. The lowest BCUT2D eigenvalue weighted by atomic mass is 9.96. The van der Waals surface area contributed by atoms with Gasteiger partial charge in [-0.1, -0.05) is 110 Å². The number of aliphatic hydroxyl groups is 1. The lowest BCUT2D eigenvalue weighted by molar-refractivity contribution is -0.142. The first-order chi connectivity index (χ1) is 23.4. The van der Waals surface area contributed by atoms with Crippen LogP contribution in [0.15, 0.2) is 107 Å². The van der Waals surface area contributed by atoms with Crippen LogP contribution >= 0.6 is 0 Å². The number of hydrogen-bond donors (Lipinski definition) is 3. The maximum absolute atomic E-state index is 13.0. The van der Waals surface area contributed by atoms with Crippen LogP contribution in [-0.2, 0) is 28.6 Å². The molecule has 0 bridgehead atoms. The summed E-state index contributed by atoms with van der Waals surface area (Å²) < 4.78 is 17.3. The van der Waals surface area contributed by atoms with E-state index in [1.54, 1.807) is 14.2 Å². The molecule has 0 aromatic heterocycles. The van der Waals surface area contributed by atoms with Crippen LogP contribution in [0.25, 0.3) is 0 Å². The van der Waals surface area contributed by atoms with E-state index in [4.69, 9.17) is 14.2 Å². The molecule has 0 aromatic carbocycles. The summed E-state index contributed by atoms with van der Waals surface area (Å²) in [6, 6.07) is -1.01. The lowest BCUT2D eigenvalue weighted by Crippen LogP contribution is -2.46. The summed E-state index contributed by atoms with van der Waals surface area (Å²) in [5.74, 6) is -1.10. The molecule has 6 atom stereocenters. The van der Waals surface area contributed by atoms with Gasteiger partial charge in [-0.25, -0.2) is 4.79 Å². The molecule has 9 heteroatoms. The van der Waals surface area contributed by atoms with Gasteiger partial charge in [0.25, 0.3) is 0 Å². The van der Waals surface area contributed by atoms with E-state index in [9.17, 15) is 19.5 Å². The fourth-order valence-electron chi connectivity index (χ4n) is 4.78. The van der Waals surface area contributed by atoms with Gasteiger partial charge in [0.15, 0.2) is 0 Å². The van der Waals surface area contributed by atoms with Crippen LogP contribution in [0.5, 0.6) is 0 Å². The first-order valence-corrected chi connectivity index (χ1v) is 16.8. The number of esters is 1. The van der Waals surface area contributed by atoms with E-state index in [0.717, 1.165) is 36.0 Å². The zero-order valence-electron chi connectivity index (χ0n) is 30.6. The van der Waals surface area contributed by atoms with Crippen molar-refractivity contribution in [2.45, 2.75) is 85.2 Å².